The Morgan fingerprint density at radius 1 is 1.13 bits per heavy atom. The van der Waals surface area contributed by atoms with Gasteiger partial charge < -0.3 is 4.90 Å². The summed E-state index contributed by atoms with van der Waals surface area (Å²) in [4.78, 5) is 19.4. The van der Waals surface area contributed by atoms with Crippen LogP contribution in [0.15, 0.2) is 41.3 Å². The van der Waals surface area contributed by atoms with Gasteiger partial charge in [-0.3, -0.25) is 4.79 Å². The second-order valence-electron chi connectivity index (χ2n) is 9.48. The van der Waals surface area contributed by atoms with Gasteiger partial charge in [-0.15, -0.1) is 0 Å². The van der Waals surface area contributed by atoms with Crippen molar-refractivity contribution in [1.29, 1.82) is 0 Å². The second kappa shape index (κ2) is 8.50. The minimum absolute atomic E-state index is 0.118. The van der Waals surface area contributed by atoms with Gasteiger partial charge in [-0.2, -0.15) is 0 Å². The molecule has 3 rings (SSSR count). The van der Waals surface area contributed by atoms with E-state index in [-0.39, 0.29) is 17.1 Å². The Hall–Kier alpha value is -2.21. The van der Waals surface area contributed by atoms with Gasteiger partial charge in [0, 0.05) is 13.1 Å². The smallest absolute Gasteiger partial charge is 0.272 e. The molecule has 1 amide bonds. The molecule has 5 nitrogen and oxygen atoms in total. The predicted octanol–water partition coefficient (Wildman–Crippen LogP) is 4.53. The van der Waals surface area contributed by atoms with E-state index < -0.39 is 9.84 Å². The summed E-state index contributed by atoms with van der Waals surface area (Å²) in [5.74, 6) is 0.289. The van der Waals surface area contributed by atoms with Crippen molar-refractivity contribution in [2.75, 3.05) is 13.1 Å². The van der Waals surface area contributed by atoms with Crippen LogP contribution in [0.1, 0.15) is 67.8 Å². The fourth-order valence-electron chi connectivity index (χ4n) is 3.73. The second-order valence-corrected chi connectivity index (χ2v) is 11.4. The number of aromatic nitrogens is 1. The Kier molecular flexibility index (Phi) is 6.37. The van der Waals surface area contributed by atoms with Crippen LogP contribution in [0.25, 0.3) is 0 Å². The van der Waals surface area contributed by atoms with Gasteiger partial charge in [0.05, 0.1) is 16.3 Å². The maximum absolute atomic E-state index is 13.2. The molecule has 1 aliphatic heterocycles. The maximum Gasteiger partial charge on any atom is 0.272 e. The number of piperidine rings is 1. The van der Waals surface area contributed by atoms with Crippen LogP contribution in [0.5, 0.6) is 0 Å². The highest BCUT2D eigenvalue weighted by Gasteiger charge is 2.25. The molecule has 0 N–H and O–H groups in total. The molecule has 1 saturated heterocycles. The zero-order valence-corrected chi connectivity index (χ0v) is 19.4. The van der Waals surface area contributed by atoms with Crippen LogP contribution < -0.4 is 0 Å². The van der Waals surface area contributed by atoms with Crippen LogP contribution in [0.3, 0.4) is 0 Å². The van der Waals surface area contributed by atoms with Crippen LogP contribution in [0.4, 0.5) is 0 Å². The van der Waals surface area contributed by atoms with Gasteiger partial charge in [-0.1, -0.05) is 45.9 Å². The number of carbonyl (C=O) groups excluding carboxylic acids is 1. The van der Waals surface area contributed by atoms with Crippen LogP contribution in [0.2, 0.25) is 0 Å². The molecular formula is C24H32N2O3S. The van der Waals surface area contributed by atoms with E-state index in [1.54, 1.807) is 24.3 Å². The summed E-state index contributed by atoms with van der Waals surface area (Å²) in [5.41, 5.74) is 2.26. The Morgan fingerprint density at radius 2 is 1.80 bits per heavy atom. The molecule has 2 aromatic rings. The van der Waals surface area contributed by atoms with E-state index in [0.717, 1.165) is 37.1 Å². The first-order chi connectivity index (χ1) is 14.0. The third-order valence-corrected chi connectivity index (χ3v) is 7.61. The molecule has 6 heteroatoms. The van der Waals surface area contributed by atoms with Crippen LogP contribution >= 0.6 is 0 Å². The average Bonchev–Trinajstić information content (AvgIpc) is 2.67. The largest absolute Gasteiger partial charge is 0.337 e. The number of nitrogens with zero attached hydrogens (tertiary/aromatic N) is 2. The number of pyridine rings is 1. The lowest BCUT2D eigenvalue weighted by Crippen LogP contribution is -2.38. The van der Waals surface area contributed by atoms with E-state index in [1.165, 1.54) is 0 Å². The third-order valence-electron chi connectivity index (χ3n) is 5.82. The molecular weight excluding hydrogens is 396 g/mol. The first-order valence-electron chi connectivity index (χ1n) is 10.6. The lowest BCUT2D eigenvalue weighted by Gasteiger charge is -2.30. The molecule has 0 atom stereocenters. The van der Waals surface area contributed by atoms with Crippen LogP contribution in [-0.4, -0.2) is 37.3 Å². The quantitative estimate of drug-likeness (QED) is 0.717. The number of hydrogen-bond acceptors (Lipinski definition) is 4. The Labute approximate surface area is 180 Å². The number of amides is 1. The molecule has 1 aromatic heterocycles. The minimum Gasteiger partial charge on any atom is -0.337 e. The van der Waals surface area contributed by atoms with Crippen molar-refractivity contribution < 1.29 is 13.2 Å². The number of carbonyl (C=O) groups is 1. The molecule has 0 spiro atoms. The van der Waals surface area contributed by atoms with Crippen molar-refractivity contribution in [3.63, 3.8) is 0 Å². The Bertz CT molecular complexity index is 1030. The molecule has 0 saturated carbocycles. The topological polar surface area (TPSA) is 67.3 Å². The molecule has 1 fully saturated rings. The summed E-state index contributed by atoms with van der Waals surface area (Å²) >= 11 is 0. The standard InChI is InChI=1S/C24H32N2O3S/c1-17-11-13-26(14-12-17)23(27)21-8-6-7-20(25-21)16-30(28,29)22-15-19(24(3,4)5)10-9-18(22)2/h6-10,15,17H,11-14,16H2,1-5H3. The minimum atomic E-state index is -3.59. The van der Waals surface area contributed by atoms with Gasteiger partial charge >= 0.3 is 0 Å². The highest BCUT2D eigenvalue weighted by atomic mass is 32.2. The number of sulfone groups is 1. The van der Waals surface area contributed by atoms with Crippen molar-refractivity contribution in [3.05, 3.63) is 58.9 Å². The van der Waals surface area contributed by atoms with Crippen LogP contribution in [-0.2, 0) is 21.0 Å². The third kappa shape index (κ3) is 5.09. The van der Waals surface area contributed by atoms with E-state index in [2.05, 4.69) is 32.7 Å². The fourth-order valence-corrected chi connectivity index (χ4v) is 5.30. The number of benzene rings is 1. The fraction of sp³-hybridized carbons (Fsp3) is 0.500. The van der Waals surface area contributed by atoms with Gasteiger partial charge in [0.25, 0.3) is 5.91 Å². The lowest BCUT2D eigenvalue weighted by molar-refractivity contribution is 0.0691. The monoisotopic (exact) mass is 428 g/mol. The van der Waals surface area contributed by atoms with Crippen molar-refractivity contribution in [2.24, 2.45) is 5.92 Å². The van der Waals surface area contributed by atoms with E-state index in [1.807, 2.05) is 24.0 Å². The van der Waals surface area contributed by atoms with Crippen molar-refractivity contribution in [1.82, 2.24) is 9.88 Å². The van der Waals surface area contributed by atoms with E-state index >= 15 is 0 Å². The molecule has 0 radical (unpaired) electrons. The average molecular weight is 429 g/mol. The molecule has 30 heavy (non-hydrogen) atoms. The zero-order valence-electron chi connectivity index (χ0n) is 18.6. The van der Waals surface area contributed by atoms with Gasteiger partial charge in [0.15, 0.2) is 9.84 Å². The predicted molar refractivity (Wildman–Crippen MR) is 119 cm³/mol. The molecule has 1 aromatic carbocycles. The van der Waals surface area contributed by atoms with Gasteiger partial charge in [0.1, 0.15) is 5.69 Å². The summed E-state index contributed by atoms with van der Waals surface area (Å²) < 4.78 is 26.4. The lowest BCUT2D eigenvalue weighted by atomic mass is 9.87. The number of aryl methyl sites for hydroxylation is 1. The first kappa shape index (κ1) is 22.5. The van der Waals surface area contributed by atoms with Crippen molar-refractivity contribution >= 4 is 15.7 Å². The van der Waals surface area contributed by atoms with E-state index in [4.69, 9.17) is 0 Å². The summed E-state index contributed by atoms with van der Waals surface area (Å²) in [7, 11) is -3.59. The normalized spacial score (nSPS) is 16.0. The summed E-state index contributed by atoms with van der Waals surface area (Å²) in [5, 5.41) is 0. The maximum atomic E-state index is 13.2. The van der Waals surface area contributed by atoms with Gasteiger partial charge in [0.2, 0.25) is 0 Å². The summed E-state index contributed by atoms with van der Waals surface area (Å²) in [6.07, 6.45) is 1.98. The molecule has 1 aliphatic rings. The Balaban J connectivity index is 1.84. The molecule has 0 bridgehead atoms. The summed E-state index contributed by atoms with van der Waals surface area (Å²) in [6.45, 7) is 11.6. The number of rotatable bonds is 4. The molecule has 162 valence electrons. The summed E-state index contributed by atoms with van der Waals surface area (Å²) in [6, 6.07) is 10.7. The Morgan fingerprint density at radius 3 is 2.43 bits per heavy atom. The zero-order chi connectivity index (χ0) is 22.1. The van der Waals surface area contributed by atoms with Crippen LogP contribution in [0, 0.1) is 12.8 Å². The number of likely N-dealkylation sites (tertiary alicyclic amines) is 1. The molecule has 2 heterocycles. The van der Waals surface area contributed by atoms with Crippen molar-refractivity contribution in [2.45, 2.75) is 63.5 Å². The SMILES string of the molecule is Cc1ccc(C(C)(C)C)cc1S(=O)(=O)Cc1cccc(C(=O)N2CCC(C)CC2)n1. The molecule has 0 aliphatic carbocycles. The van der Waals surface area contributed by atoms with E-state index in [0.29, 0.717) is 22.2 Å². The van der Waals surface area contributed by atoms with E-state index in [9.17, 15) is 13.2 Å². The first-order valence-corrected chi connectivity index (χ1v) is 12.2. The van der Waals surface area contributed by atoms with Crippen molar-refractivity contribution in [3.8, 4) is 0 Å². The highest BCUT2D eigenvalue weighted by Crippen LogP contribution is 2.28. The van der Waals surface area contributed by atoms with Gasteiger partial charge in [-0.05, 0) is 60.4 Å². The highest BCUT2D eigenvalue weighted by molar-refractivity contribution is 7.90. The van der Waals surface area contributed by atoms with Gasteiger partial charge in [-0.25, -0.2) is 13.4 Å². The molecule has 0 unspecified atom stereocenters. The number of hydrogen-bond donors (Lipinski definition) is 0.